The molecule has 0 bridgehead atoms. The van der Waals surface area contributed by atoms with Crippen molar-refractivity contribution in [3.05, 3.63) is 34.5 Å². The van der Waals surface area contributed by atoms with Gasteiger partial charge in [-0.2, -0.15) is 0 Å². The summed E-state index contributed by atoms with van der Waals surface area (Å²) in [4.78, 5) is 41.9. The van der Waals surface area contributed by atoms with E-state index in [0.29, 0.717) is 36.9 Å². The van der Waals surface area contributed by atoms with E-state index in [1.165, 1.54) is 12.0 Å². The number of rotatable bonds is 6. The molecular weight excluding hydrogens is 412 g/mol. The van der Waals surface area contributed by atoms with Crippen LogP contribution in [-0.2, 0) is 19.1 Å². The zero-order chi connectivity index (χ0) is 21.8. The number of aliphatic hydroxyl groups is 1. The van der Waals surface area contributed by atoms with Gasteiger partial charge in [-0.15, -0.1) is 0 Å². The van der Waals surface area contributed by atoms with Crippen LogP contribution in [-0.4, -0.2) is 85.7 Å². The van der Waals surface area contributed by atoms with Gasteiger partial charge in [-0.05, 0) is 18.2 Å². The van der Waals surface area contributed by atoms with E-state index in [1.807, 2.05) is 6.07 Å². The Labute approximate surface area is 179 Å². The maximum Gasteiger partial charge on any atom is 0.337 e. The Morgan fingerprint density at radius 2 is 1.93 bits per heavy atom. The zero-order valence-corrected chi connectivity index (χ0v) is 17.7. The number of hydrogen-bond donors (Lipinski definition) is 2. The van der Waals surface area contributed by atoms with Crippen LogP contribution in [0.1, 0.15) is 6.92 Å². The Morgan fingerprint density at radius 1 is 1.23 bits per heavy atom. The molecule has 2 amide bonds. The molecule has 1 fully saturated rings. The first-order valence-corrected chi connectivity index (χ1v) is 10.0. The van der Waals surface area contributed by atoms with Crippen molar-refractivity contribution >= 4 is 40.8 Å². The molecule has 0 atom stereocenters. The van der Waals surface area contributed by atoms with Gasteiger partial charge in [0.05, 0.1) is 37.2 Å². The predicted molar refractivity (Wildman–Crippen MR) is 112 cm³/mol. The minimum absolute atomic E-state index is 0.0394. The van der Waals surface area contributed by atoms with E-state index >= 15 is 0 Å². The van der Waals surface area contributed by atoms with E-state index in [-0.39, 0.29) is 36.9 Å². The number of amides is 2. The largest absolute Gasteiger partial charge is 0.466 e. The number of benzene rings is 1. The number of carbonyl (C=O) groups excluding carboxylic acids is 3. The van der Waals surface area contributed by atoms with Crippen molar-refractivity contribution in [2.24, 2.45) is 0 Å². The number of hydrogen-bond acceptors (Lipinski definition) is 7. The monoisotopic (exact) mass is 436 g/mol. The number of aliphatic hydroxyl groups excluding tert-OH is 1. The van der Waals surface area contributed by atoms with Crippen LogP contribution in [0, 0.1) is 0 Å². The van der Waals surface area contributed by atoms with Gasteiger partial charge >= 0.3 is 5.97 Å². The van der Waals surface area contributed by atoms with Crippen LogP contribution < -0.4 is 10.2 Å². The summed E-state index contributed by atoms with van der Waals surface area (Å²) in [6.45, 7) is 3.95. The number of carbonyl (C=O) groups is 3. The third kappa shape index (κ3) is 4.52. The third-order valence-electron chi connectivity index (χ3n) is 5.24. The number of ether oxygens (including phenoxy) is 1. The highest BCUT2D eigenvalue weighted by atomic mass is 35.5. The predicted octanol–water partition coefficient (Wildman–Crippen LogP) is 0.682. The second-order valence-electron chi connectivity index (χ2n) is 7.08. The van der Waals surface area contributed by atoms with Crippen LogP contribution in [0.2, 0.25) is 5.02 Å². The van der Waals surface area contributed by atoms with Gasteiger partial charge in [0.15, 0.2) is 0 Å². The topological polar surface area (TPSA) is 102 Å². The molecule has 0 spiro atoms. The molecular formula is C20H25ClN4O5. The van der Waals surface area contributed by atoms with Crippen LogP contribution in [0.4, 0.5) is 11.4 Å². The number of nitrogens with one attached hydrogen (secondary N) is 1. The molecule has 10 heteroatoms. The first-order valence-electron chi connectivity index (χ1n) is 9.64. The molecule has 3 rings (SSSR count). The van der Waals surface area contributed by atoms with E-state index in [2.05, 4.69) is 10.2 Å². The van der Waals surface area contributed by atoms with Crippen LogP contribution in [0.15, 0.2) is 29.5 Å². The summed E-state index contributed by atoms with van der Waals surface area (Å²) in [6, 6.07) is 5.29. The highest BCUT2D eigenvalue weighted by Gasteiger charge is 2.35. The lowest BCUT2D eigenvalue weighted by molar-refractivity contribution is -0.136. The van der Waals surface area contributed by atoms with Gasteiger partial charge in [-0.1, -0.05) is 11.6 Å². The fourth-order valence-electron chi connectivity index (χ4n) is 3.63. The number of anilines is 2. The number of esters is 1. The summed E-state index contributed by atoms with van der Waals surface area (Å²) in [5, 5.41) is 12.8. The molecule has 2 aliphatic heterocycles. The Hall–Kier alpha value is -2.78. The average molecular weight is 437 g/mol. The fraction of sp³-hybridized carbons (Fsp3) is 0.450. The SMILES string of the molecule is COC(=O)C1=C(Nc2cc(Cl)ccc2N2CCN(C(C)=O)CC2)C(=O)N(CCO)C1. The summed E-state index contributed by atoms with van der Waals surface area (Å²) in [5.74, 6) is -0.959. The molecule has 0 aromatic heterocycles. The molecule has 1 aromatic rings. The number of nitrogens with zero attached hydrogens (tertiary/aromatic N) is 3. The third-order valence-corrected chi connectivity index (χ3v) is 5.47. The Bertz CT molecular complexity index is 880. The molecule has 0 unspecified atom stereocenters. The molecule has 162 valence electrons. The van der Waals surface area contributed by atoms with Crippen LogP contribution >= 0.6 is 11.6 Å². The molecule has 0 aliphatic carbocycles. The quantitative estimate of drug-likeness (QED) is 0.632. The van der Waals surface area contributed by atoms with E-state index in [1.54, 1.807) is 24.0 Å². The van der Waals surface area contributed by atoms with Gasteiger partial charge in [0, 0.05) is 44.7 Å². The molecule has 30 heavy (non-hydrogen) atoms. The van der Waals surface area contributed by atoms with E-state index in [4.69, 9.17) is 16.3 Å². The molecule has 2 aliphatic rings. The van der Waals surface area contributed by atoms with Crippen molar-refractivity contribution in [1.82, 2.24) is 9.80 Å². The molecule has 2 N–H and O–H groups in total. The zero-order valence-electron chi connectivity index (χ0n) is 17.0. The Balaban J connectivity index is 1.90. The highest BCUT2D eigenvalue weighted by Crippen LogP contribution is 2.33. The number of piperazine rings is 1. The number of methoxy groups -OCH3 is 1. The summed E-state index contributed by atoms with van der Waals surface area (Å²) >= 11 is 6.20. The molecule has 0 radical (unpaired) electrons. The average Bonchev–Trinajstić information content (AvgIpc) is 3.03. The second kappa shape index (κ2) is 9.36. The van der Waals surface area contributed by atoms with Crippen molar-refractivity contribution in [2.45, 2.75) is 6.92 Å². The molecule has 2 heterocycles. The second-order valence-corrected chi connectivity index (χ2v) is 7.51. The van der Waals surface area contributed by atoms with E-state index in [0.717, 1.165) is 5.69 Å². The smallest absolute Gasteiger partial charge is 0.337 e. The maximum absolute atomic E-state index is 12.8. The van der Waals surface area contributed by atoms with Crippen LogP contribution in [0.5, 0.6) is 0 Å². The van der Waals surface area contributed by atoms with Gasteiger partial charge in [0.1, 0.15) is 5.70 Å². The lowest BCUT2D eigenvalue weighted by Crippen LogP contribution is -2.48. The van der Waals surface area contributed by atoms with Crippen molar-refractivity contribution in [3.63, 3.8) is 0 Å². The minimum atomic E-state index is -0.607. The summed E-state index contributed by atoms with van der Waals surface area (Å²) < 4.78 is 4.83. The van der Waals surface area contributed by atoms with Gasteiger partial charge in [0.2, 0.25) is 5.91 Å². The van der Waals surface area contributed by atoms with Gasteiger partial charge in [-0.3, -0.25) is 9.59 Å². The maximum atomic E-state index is 12.8. The van der Waals surface area contributed by atoms with Crippen molar-refractivity contribution in [3.8, 4) is 0 Å². The highest BCUT2D eigenvalue weighted by molar-refractivity contribution is 6.31. The van der Waals surface area contributed by atoms with Crippen molar-refractivity contribution in [1.29, 1.82) is 0 Å². The van der Waals surface area contributed by atoms with Crippen molar-refractivity contribution < 1.29 is 24.2 Å². The lowest BCUT2D eigenvalue weighted by atomic mass is 10.2. The van der Waals surface area contributed by atoms with Gasteiger partial charge in [0.25, 0.3) is 5.91 Å². The van der Waals surface area contributed by atoms with Gasteiger partial charge in [-0.25, -0.2) is 4.79 Å². The molecule has 1 aromatic carbocycles. The lowest BCUT2D eigenvalue weighted by Gasteiger charge is -2.36. The fourth-order valence-corrected chi connectivity index (χ4v) is 3.80. The first-order chi connectivity index (χ1) is 14.3. The molecule has 1 saturated heterocycles. The normalized spacial score (nSPS) is 16.9. The summed E-state index contributed by atoms with van der Waals surface area (Å²) in [7, 11) is 1.26. The molecule has 0 saturated carbocycles. The summed E-state index contributed by atoms with van der Waals surface area (Å²) in [6.07, 6.45) is 0. The number of β-amino-alcohol motifs (C(OH)–C–C–N with tert-alkyl or cyclic N) is 1. The van der Waals surface area contributed by atoms with E-state index in [9.17, 15) is 19.5 Å². The van der Waals surface area contributed by atoms with Crippen molar-refractivity contribution in [2.75, 3.05) is 63.2 Å². The first kappa shape index (κ1) is 21.9. The van der Waals surface area contributed by atoms with Crippen LogP contribution in [0.3, 0.4) is 0 Å². The molecule has 9 nitrogen and oxygen atoms in total. The minimum Gasteiger partial charge on any atom is -0.466 e. The standard InChI is InChI=1S/C20H25ClN4O5/c1-13(27)23-5-7-24(8-6-23)17-4-3-14(21)11-16(17)22-18-15(20(29)30-2)12-25(9-10-26)19(18)28/h3-4,11,22,26H,5-10,12H2,1-2H3. The Kier molecular flexibility index (Phi) is 6.84. The Morgan fingerprint density at radius 3 is 2.53 bits per heavy atom. The summed E-state index contributed by atoms with van der Waals surface area (Å²) in [5.41, 5.74) is 1.70. The van der Waals surface area contributed by atoms with Crippen LogP contribution in [0.25, 0.3) is 0 Å². The van der Waals surface area contributed by atoms with E-state index < -0.39 is 11.9 Å². The van der Waals surface area contributed by atoms with Gasteiger partial charge < -0.3 is 29.9 Å². The number of halogens is 1.